The number of ether oxygens (including phenoxy) is 2. The molecule has 2 atom stereocenters. The fraction of sp³-hybridized carbons (Fsp3) is 0.909. The molecule has 0 aliphatic rings. The van der Waals surface area contributed by atoms with Crippen LogP contribution < -0.4 is 4.98 Å². The number of hydrogen-bond donors (Lipinski definition) is 1. The lowest BCUT2D eigenvalue weighted by Crippen LogP contribution is -2.52. The van der Waals surface area contributed by atoms with Crippen molar-refractivity contribution in [2.75, 3.05) is 7.11 Å². The van der Waals surface area contributed by atoms with E-state index in [1.54, 1.807) is 0 Å². The van der Waals surface area contributed by atoms with Crippen LogP contribution in [0, 0.1) is 0 Å². The molecule has 0 aliphatic carbocycles. The molecule has 1 N–H and O–H groups in total. The maximum Gasteiger partial charge on any atom is 0.324 e. The SMILES string of the molecule is COC(=O)C(N[Si](C)C)C(C)OC(C)(C)C. The molecular formula is C11H24NO3Si. The number of esters is 1. The summed E-state index contributed by atoms with van der Waals surface area (Å²) in [7, 11) is 0.683. The van der Waals surface area contributed by atoms with E-state index in [0.29, 0.717) is 0 Å². The van der Waals surface area contributed by atoms with Crippen molar-refractivity contribution in [2.45, 2.75) is 58.5 Å². The molecule has 16 heavy (non-hydrogen) atoms. The van der Waals surface area contributed by atoms with Gasteiger partial charge in [0.05, 0.1) is 18.8 Å². The molecule has 2 unspecified atom stereocenters. The molecule has 0 rings (SSSR count). The predicted molar refractivity (Wildman–Crippen MR) is 66.7 cm³/mol. The quantitative estimate of drug-likeness (QED) is 0.591. The average Bonchev–Trinajstić information content (AvgIpc) is 2.09. The average molecular weight is 246 g/mol. The highest BCUT2D eigenvalue weighted by Gasteiger charge is 2.30. The van der Waals surface area contributed by atoms with Gasteiger partial charge in [0.15, 0.2) is 0 Å². The molecule has 0 aromatic carbocycles. The summed E-state index contributed by atoms with van der Waals surface area (Å²) in [6.07, 6.45) is -0.202. The van der Waals surface area contributed by atoms with E-state index in [1.165, 1.54) is 7.11 Å². The Bertz CT molecular complexity index is 226. The molecule has 0 saturated heterocycles. The molecule has 0 spiro atoms. The van der Waals surface area contributed by atoms with Crippen LogP contribution in [0.15, 0.2) is 0 Å². The zero-order chi connectivity index (χ0) is 12.9. The lowest BCUT2D eigenvalue weighted by Gasteiger charge is -2.30. The van der Waals surface area contributed by atoms with Crippen molar-refractivity contribution in [1.29, 1.82) is 0 Å². The summed E-state index contributed by atoms with van der Waals surface area (Å²) < 4.78 is 10.6. The van der Waals surface area contributed by atoms with Crippen LogP contribution in [0.5, 0.6) is 0 Å². The van der Waals surface area contributed by atoms with Gasteiger partial charge in [-0.1, -0.05) is 13.1 Å². The van der Waals surface area contributed by atoms with Crippen LogP contribution in [0.4, 0.5) is 0 Å². The van der Waals surface area contributed by atoms with E-state index in [4.69, 9.17) is 9.47 Å². The Labute approximate surface area is 100 Å². The Morgan fingerprint density at radius 1 is 1.31 bits per heavy atom. The fourth-order valence-electron chi connectivity index (χ4n) is 1.43. The van der Waals surface area contributed by atoms with Gasteiger partial charge in [0.25, 0.3) is 0 Å². The van der Waals surface area contributed by atoms with E-state index >= 15 is 0 Å². The first-order valence-corrected chi connectivity index (χ1v) is 7.99. The maximum atomic E-state index is 11.6. The standard InChI is InChI=1S/C11H24NO3Si/c1-8(15-11(2,3)4)9(10(13)14-5)12-16(6)7/h8-9,12H,1-7H3. The van der Waals surface area contributed by atoms with Gasteiger partial charge in [-0.15, -0.1) is 0 Å². The number of methoxy groups -OCH3 is 1. The van der Waals surface area contributed by atoms with E-state index in [2.05, 4.69) is 18.1 Å². The van der Waals surface area contributed by atoms with Gasteiger partial charge in [0, 0.05) is 0 Å². The molecule has 0 aliphatic heterocycles. The molecule has 0 aromatic rings. The first kappa shape index (κ1) is 15.6. The van der Waals surface area contributed by atoms with Gasteiger partial charge in [0.2, 0.25) is 0 Å². The van der Waals surface area contributed by atoms with Gasteiger partial charge < -0.3 is 14.5 Å². The second-order valence-electron chi connectivity index (χ2n) is 5.08. The normalized spacial score (nSPS) is 16.0. The summed E-state index contributed by atoms with van der Waals surface area (Å²) in [5.74, 6) is -0.261. The zero-order valence-corrected chi connectivity index (χ0v) is 12.4. The Morgan fingerprint density at radius 3 is 2.12 bits per heavy atom. The molecule has 95 valence electrons. The van der Waals surface area contributed by atoms with E-state index in [1.807, 2.05) is 27.7 Å². The van der Waals surface area contributed by atoms with Crippen molar-refractivity contribution in [1.82, 2.24) is 4.98 Å². The van der Waals surface area contributed by atoms with E-state index in [0.717, 1.165) is 0 Å². The van der Waals surface area contributed by atoms with Crippen LogP contribution in [-0.2, 0) is 14.3 Å². The van der Waals surface area contributed by atoms with Crippen molar-refractivity contribution in [2.24, 2.45) is 0 Å². The smallest absolute Gasteiger partial charge is 0.324 e. The molecule has 5 heteroatoms. The highest BCUT2D eigenvalue weighted by atomic mass is 28.3. The number of carbonyl (C=O) groups excluding carboxylic acids is 1. The topological polar surface area (TPSA) is 47.6 Å². The van der Waals surface area contributed by atoms with Crippen molar-refractivity contribution < 1.29 is 14.3 Å². The third-order valence-corrected chi connectivity index (χ3v) is 2.80. The first-order valence-electron chi connectivity index (χ1n) is 5.49. The number of rotatable bonds is 5. The van der Waals surface area contributed by atoms with Crippen LogP contribution >= 0.6 is 0 Å². The largest absolute Gasteiger partial charge is 0.468 e. The summed E-state index contributed by atoms with van der Waals surface area (Å²) in [5.41, 5.74) is -0.262. The van der Waals surface area contributed by atoms with Gasteiger partial charge in [-0.3, -0.25) is 4.79 Å². The fourth-order valence-corrected chi connectivity index (χ4v) is 2.41. The molecule has 0 heterocycles. The number of carbonyl (C=O) groups is 1. The molecule has 0 amide bonds. The molecule has 0 saturated carbocycles. The van der Waals surface area contributed by atoms with Crippen molar-refractivity contribution in [3.63, 3.8) is 0 Å². The summed E-state index contributed by atoms with van der Waals surface area (Å²) in [5, 5.41) is 0. The van der Waals surface area contributed by atoms with Gasteiger partial charge in [0.1, 0.15) is 15.0 Å². The Morgan fingerprint density at radius 2 is 1.81 bits per heavy atom. The summed E-state index contributed by atoms with van der Waals surface area (Å²) in [6, 6.07) is -0.381. The second kappa shape index (κ2) is 6.37. The summed E-state index contributed by atoms with van der Waals surface area (Å²) in [4.78, 5) is 14.9. The van der Waals surface area contributed by atoms with Crippen LogP contribution in [0.2, 0.25) is 13.1 Å². The van der Waals surface area contributed by atoms with Crippen LogP contribution in [-0.4, -0.2) is 39.8 Å². The number of hydrogen-bond acceptors (Lipinski definition) is 4. The third kappa shape index (κ3) is 6.25. The molecule has 0 bridgehead atoms. The van der Waals surface area contributed by atoms with Gasteiger partial charge in [-0.05, 0) is 27.7 Å². The molecule has 4 nitrogen and oxygen atoms in total. The Kier molecular flexibility index (Phi) is 6.21. The van der Waals surface area contributed by atoms with E-state index in [-0.39, 0.29) is 23.7 Å². The zero-order valence-electron chi connectivity index (χ0n) is 11.4. The third-order valence-electron chi connectivity index (χ3n) is 1.91. The molecule has 0 fully saturated rings. The summed E-state index contributed by atoms with van der Waals surface area (Å²) >= 11 is 0. The second-order valence-corrected chi connectivity index (χ2v) is 7.37. The minimum Gasteiger partial charge on any atom is -0.468 e. The molecule has 0 aromatic heterocycles. The van der Waals surface area contributed by atoms with E-state index in [9.17, 15) is 4.79 Å². The minimum atomic E-state index is -0.718. The van der Waals surface area contributed by atoms with Crippen molar-refractivity contribution in [3.8, 4) is 0 Å². The highest BCUT2D eigenvalue weighted by Crippen LogP contribution is 2.13. The monoisotopic (exact) mass is 246 g/mol. The van der Waals surface area contributed by atoms with Crippen LogP contribution in [0.1, 0.15) is 27.7 Å². The Balaban J connectivity index is 4.56. The van der Waals surface area contributed by atoms with Gasteiger partial charge >= 0.3 is 5.97 Å². The highest BCUT2D eigenvalue weighted by molar-refractivity contribution is 6.53. The maximum absolute atomic E-state index is 11.6. The predicted octanol–water partition coefficient (Wildman–Crippen LogP) is 1.57. The van der Waals surface area contributed by atoms with Crippen molar-refractivity contribution in [3.05, 3.63) is 0 Å². The van der Waals surface area contributed by atoms with Crippen molar-refractivity contribution >= 4 is 14.9 Å². The number of nitrogens with one attached hydrogen (secondary N) is 1. The lowest BCUT2D eigenvalue weighted by atomic mass is 10.1. The van der Waals surface area contributed by atoms with Crippen LogP contribution in [0.25, 0.3) is 0 Å². The molecule has 1 radical (unpaired) electrons. The van der Waals surface area contributed by atoms with E-state index < -0.39 is 8.96 Å². The van der Waals surface area contributed by atoms with Gasteiger partial charge in [-0.2, -0.15) is 0 Å². The van der Waals surface area contributed by atoms with Gasteiger partial charge in [-0.25, -0.2) is 0 Å². The summed E-state index contributed by atoms with van der Waals surface area (Å²) in [6.45, 7) is 12.0. The Hall–Kier alpha value is -0.393. The lowest BCUT2D eigenvalue weighted by molar-refractivity contribution is -0.150. The van der Waals surface area contributed by atoms with Crippen LogP contribution in [0.3, 0.4) is 0 Å². The minimum absolute atomic E-state index is 0.202. The molecular weight excluding hydrogens is 222 g/mol. The first-order chi connectivity index (χ1) is 7.17.